The molecule has 1 aromatic carbocycles. The van der Waals surface area contributed by atoms with Crippen LogP contribution >= 0.6 is 0 Å². The zero-order chi connectivity index (χ0) is 21.3. The first-order chi connectivity index (χ1) is 13.7. The van der Waals surface area contributed by atoms with E-state index in [1.807, 2.05) is 46.8 Å². The van der Waals surface area contributed by atoms with Gasteiger partial charge in [0.2, 0.25) is 0 Å². The van der Waals surface area contributed by atoms with E-state index in [9.17, 15) is 9.81 Å². The van der Waals surface area contributed by atoms with Crippen LogP contribution in [0.1, 0.15) is 67.5 Å². The van der Waals surface area contributed by atoms with E-state index in [0.29, 0.717) is 11.5 Å². The van der Waals surface area contributed by atoms with Gasteiger partial charge in [0.15, 0.2) is 4.75 Å². The van der Waals surface area contributed by atoms with Crippen molar-refractivity contribution < 1.29 is 9.29 Å². The van der Waals surface area contributed by atoms with Crippen LogP contribution in [-0.4, -0.2) is 27.5 Å². The van der Waals surface area contributed by atoms with Gasteiger partial charge in [-0.25, -0.2) is 0 Å². The number of nitrogens with zero attached hydrogens (tertiary/aromatic N) is 2. The SMILES string of the molecule is CC(=CC(C)(C)[S+](N)[O-])c1cc(C)cc2c(C#N)c(C)c(C3CCOCC3)nc12. The lowest BCUT2D eigenvalue weighted by Crippen LogP contribution is -2.36. The molecule has 0 bridgehead atoms. The normalized spacial score (nSPS) is 17.4. The summed E-state index contributed by atoms with van der Waals surface area (Å²) in [7, 11) is 0. The van der Waals surface area contributed by atoms with Gasteiger partial charge in [0.05, 0.1) is 11.1 Å². The fourth-order valence-corrected chi connectivity index (χ4v) is 4.39. The molecule has 2 N–H and O–H groups in total. The maximum absolute atomic E-state index is 11.9. The Morgan fingerprint density at radius 2 is 2.00 bits per heavy atom. The van der Waals surface area contributed by atoms with Crippen molar-refractivity contribution in [3.05, 3.63) is 46.2 Å². The molecular weight excluding hydrogens is 382 g/mol. The molecule has 1 aliphatic rings. The number of hydrogen-bond donors (Lipinski definition) is 1. The first kappa shape index (κ1) is 21.8. The predicted octanol–water partition coefficient (Wildman–Crippen LogP) is 4.42. The smallest absolute Gasteiger partial charge is 0.157 e. The molecule has 1 saturated heterocycles. The third-order valence-electron chi connectivity index (χ3n) is 5.74. The molecule has 2 aromatic rings. The summed E-state index contributed by atoms with van der Waals surface area (Å²) in [4.78, 5) is 5.09. The van der Waals surface area contributed by atoms with Crippen LogP contribution in [0.3, 0.4) is 0 Å². The van der Waals surface area contributed by atoms with E-state index >= 15 is 0 Å². The topological polar surface area (TPSA) is 95.0 Å². The number of aromatic nitrogens is 1. The van der Waals surface area contributed by atoms with E-state index in [2.05, 4.69) is 12.1 Å². The van der Waals surface area contributed by atoms with Crippen molar-refractivity contribution in [1.82, 2.24) is 4.98 Å². The van der Waals surface area contributed by atoms with Crippen molar-refractivity contribution in [2.45, 2.75) is 58.1 Å². The zero-order valence-electron chi connectivity index (χ0n) is 17.8. The average Bonchev–Trinajstić information content (AvgIpc) is 2.67. The second-order valence-corrected chi connectivity index (χ2v) is 10.1. The van der Waals surface area contributed by atoms with Gasteiger partial charge in [0.25, 0.3) is 0 Å². The van der Waals surface area contributed by atoms with Crippen molar-refractivity contribution in [1.29, 1.82) is 5.26 Å². The number of pyridine rings is 1. The Morgan fingerprint density at radius 1 is 1.34 bits per heavy atom. The highest BCUT2D eigenvalue weighted by molar-refractivity contribution is 7.90. The second kappa shape index (κ2) is 8.45. The molecule has 0 aliphatic carbocycles. The Labute approximate surface area is 176 Å². The molecule has 5 nitrogen and oxygen atoms in total. The van der Waals surface area contributed by atoms with Crippen LogP contribution in [0.15, 0.2) is 18.2 Å². The molecule has 0 saturated carbocycles. The van der Waals surface area contributed by atoms with Gasteiger partial charge in [0.1, 0.15) is 6.07 Å². The van der Waals surface area contributed by atoms with Crippen molar-refractivity contribution in [3.63, 3.8) is 0 Å². The van der Waals surface area contributed by atoms with Crippen molar-refractivity contribution in [2.75, 3.05) is 13.2 Å². The first-order valence-electron chi connectivity index (χ1n) is 9.94. The number of fused-ring (bicyclic) bond motifs is 1. The number of ether oxygens (including phenoxy) is 1. The Bertz CT molecular complexity index is 1000. The highest BCUT2D eigenvalue weighted by Gasteiger charge is 2.28. The minimum atomic E-state index is -1.49. The van der Waals surface area contributed by atoms with Crippen LogP contribution < -0.4 is 5.14 Å². The standard InChI is InChI=1S/C23H29N3O2S/c1-14-10-18(15(2)12-23(4,5)29(25)27)22-19(11-14)20(13-24)16(3)21(26-22)17-6-8-28-9-7-17/h10-12,17H,6-9,25H2,1-5H3. The largest absolute Gasteiger partial charge is 0.598 e. The summed E-state index contributed by atoms with van der Waals surface area (Å²) in [6.07, 6.45) is 3.78. The van der Waals surface area contributed by atoms with Crippen molar-refractivity contribution in [3.8, 4) is 6.07 Å². The van der Waals surface area contributed by atoms with Gasteiger partial charge in [-0.1, -0.05) is 0 Å². The number of benzene rings is 1. The lowest BCUT2D eigenvalue weighted by Gasteiger charge is -2.25. The maximum Gasteiger partial charge on any atom is 0.157 e. The van der Waals surface area contributed by atoms with Gasteiger partial charge in [0, 0.05) is 47.1 Å². The summed E-state index contributed by atoms with van der Waals surface area (Å²) in [5, 5.41) is 16.5. The first-order valence-corrected chi connectivity index (χ1v) is 11.2. The van der Waals surface area contributed by atoms with Gasteiger partial charge in [-0.2, -0.15) is 10.4 Å². The van der Waals surface area contributed by atoms with E-state index in [1.165, 1.54) is 0 Å². The highest BCUT2D eigenvalue weighted by Crippen LogP contribution is 2.36. The van der Waals surface area contributed by atoms with Gasteiger partial charge >= 0.3 is 0 Å². The molecule has 1 atom stereocenters. The van der Waals surface area contributed by atoms with Crippen LogP contribution in [0.2, 0.25) is 0 Å². The average molecular weight is 412 g/mol. The molecule has 0 amide bonds. The summed E-state index contributed by atoms with van der Waals surface area (Å²) >= 11 is -1.49. The minimum absolute atomic E-state index is 0.298. The lowest BCUT2D eigenvalue weighted by atomic mass is 9.88. The Hall–Kier alpha value is -1.91. The molecule has 0 radical (unpaired) electrons. The summed E-state index contributed by atoms with van der Waals surface area (Å²) in [5.74, 6) is 0.298. The summed E-state index contributed by atoms with van der Waals surface area (Å²) in [6, 6.07) is 6.53. The third kappa shape index (κ3) is 4.34. The van der Waals surface area contributed by atoms with Gasteiger partial charge < -0.3 is 9.29 Å². The fourth-order valence-electron chi connectivity index (χ4n) is 4.09. The van der Waals surface area contributed by atoms with Gasteiger partial charge in [-0.05, 0) is 82.4 Å². The fraction of sp³-hybridized carbons (Fsp3) is 0.478. The van der Waals surface area contributed by atoms with E-state index in [0.717, 1.165) is 64.9 Å². The number of nitriles is 1. The number of hydrogen-bond acceptors (Lipinski definition) is 5. The van der Waals surface area contributed by atoms with Gasteiger partial charge in [-0.15, -0.1) is 0 Å². The highest BCUT2D eigenvalue weighted by atomic mass is 32.2. The molecule has 154 valence electrons. The molecule has 0 spiro atoms. The Kier molecular flexibility index (Phi) is 6.35. The van der Waals surface area contributed by atoms with Gasteiger partial charge in [-0.3, -0.25) is 4.98 Å². The van der Waals surface area contributed by atoms with E-state index in [4.69, 9.17) is 14.9 Å². The maximum atomic E-state index is 11.9. The van der Waals surface area contributed by atoms with Crippen molar-refractivity contribution in [2.24, 2.45) is 5.14 Å². The van der Waals surface area contributed by atoms with Crippen LogP contribution in [0, 0.1) is 25.2 Å². The molecule has 29 heavy (non-hydrogen) atoms. The molecule has 1 aromatic heterocycles. The van der Waals surface area contributed by atoms with Crippen LogP contribution in [0.4, 0.5) is 0 Å². The van der Waals surface area contributed by atoms with E-state index in [1.54, 1.807) is 0 Å². The number of aryl methyl sites for hydroxylation is 1. The molecule has 6 heteroatoms. The summed E-state index contributed by atoms with van der Waals surface area (Å²) < 4.78 is 16.8. The zero-order valence-corrected chi connectivity index (χ0v) is 18.7. The second-order valence-electron chi connectivity index (χ2n) is 8.43. The monoisotopic (exact) mass is 411 g/mol. The lowest BCUT2D eigenvalue weighted by molar-refractivity contribution is 0.0844. The van der Waals surface area contributed by atoms with Crippen LogP contribution in [-0.2, 0) is 16.1 Å². The third-order valence-corrected chi connectivity index (χ3v) is 6.90. The van der Waals surface area contributed by atoms with E-state index in [-0.39, 0.29) is 0 Å². The number of nitrogens with two attached hydrogens (primary N) is 1. The summed E-state index contributed by atoms with van der Waals surface area (Å²) in [5.41, 5.74) is 6.46. The molecule has 1 unspecified atom stereocenters. The molecule has 3 rings (SSSR count). The molecule has 2 heterocycles. The van der Waals surface area contributed by atoms with E-state index < -0.39 is 16.1 Å². The molecular formula is C23H29N3O2S. The molecule has 1 aliphatic heterocycles. The quantitative estimate of drug-likeness (QED) is 0.751. The Balaban J connectivity index is 2.28. The van der Waals surface area contributed by atoms with Crippen LogP contribution in [0.5, 0.6) is 0 Å². The summed E-state index contributed by atoms with van der Waals surface area (Å²) in [6.45, 7) is 11.2. The number of rotatable bonds is 4. The van der Waals surface area contributed by atoms with Crippen molar-refractivity contribution >= 4 is 27.8 Å². The number of allylic oxidation sites excluding steroid dienone is 1. The molecule has 1 fully saturated rings. The van der Waals surface area contributed by atoms with Crippen LogP contribution in [0.25, 0.3) is 16.5 Å². The minimum Gasteiger partial charge on any atom is -0.598 e. The predicted molar refractivity (Wildman–Crippen MR) is 119 cm³/mol. The Morgan fingerprint density at radius 3 is 2.59 bits per heavy atom.